The molecule has 0 bridgehead atoms. The van der Waals surface area contributed by atoms with Gasteiger partial charge >= 0.3 is 0 Å². The maximum atomic E-state index is 12.1. The van der Waals surface area contributed by atoms with Crippen LogP contribution in [-0.4, -0.2) is 17.2 Å². The molecule has 0 fully saturated rings. The van der Waals surface area contributed by atoms with E-state index in [1.54, 1.807) is 24.3 Å². The number of hydrazone groups is 1. The highest BCUT2D eigenvalue weighted by Gasteiger charge is 2.10. The number of benzene rings is 2. The molecule has 0 spiro atoms. The lowest BCUT2D eigenvalue weighted by Gasteiger charge is -1.98. The van der Waals surface area contributed by atoms with E-state index in [9.17, 15) is 9.90 Å². The summed E-state index contributed by atoms with van der Waals surface area (Å²) in [6, 6.07) is 14.3. The molecule has 2 aromatic carbocycles. The van der Waals surface area contributed by atoms with Gasteiger partial charge in [0.25, 0.3) is 5.91 Å². The van der Waals surface area contributed by atoms with Crippen LogP contribution in [0, 0.1) is 0 Å². The van der Waals surface area contributed by atoms with Crippen LogP contribution >= 0.6 is 11.3 Å². The fourth-order valence-electron chi connectivity index (χ4n) is 1.94. The van der Waals surface area contributed by atoms with E-state index in [0.29, 0.717) is 5.56 Å². The average molecular weight is 296 g/mol. The second-order valence-corrected chi connectivity index (χ2v) is 5.35. The SMILES string of the molecule is O=C(N/N=C/c1ccc(O)cc1)c1csc2ccccc12. The Bertz CT molecular complexity index is 807. The number of phenolic OH excluding ortho intramolecular Hbond substituents is 1. The zero-order valence-electron chi connectivity index (χ0n) is 11.0. The molecular formula is C16H12N2O2S. The van der Waals surface area contributed by atoms with Gasteiger partial charge in [0.1, 0.15) is 5.75 Å². The molecule has 0 aliphatic carbocycles. The molecule has 4 nitrogen and oxygen atoms in total. The molecule has 1 amide bonds. The number of hydrogen-bond donors (Lipinski definition) is 2. The zero-order valence-corrected chi connectivity index (χ0v) is 11.8. The Morgan fingerprint density at radius 3 is 2.71 bits per heavy atom. The smallest absolute Gasteiger partial charge is 0.272 e. The van der Waals surface area contributed by atoms with Crippen LogP contribution in [0.4, 0.5) is 0 Å². The van der Waals surface area contributed by atoms with Crippen molar-refractivity contribution in [2.75, 3.05) is 0 Å². The molecule has 0 atom stereocenters. The molecule has 0 unspecified atom stereocenters. The van der Waals surface area contributed by atoms with E-state index in [2.05, 4.69) is 10.5 Å². The second kappa shape index (κ2) is 5.76. The third-order valence-electron chi connectivity index (χ3n) is 3.00. The van der Waals surface area contributed by atoms with Crippen molar-refractivity contribution in [1.29, 1.82) is 0 Å². The van der Waals surface area contributed by atoms with Crippen molar-refractivity contribution in [3.8, 4) is 5.75 Å². The number of fused-ring (bicyclic) bond motifs is 1. The molecule has 0 saturated heterocycles. The summed E-state index contributed by atoms with van der Waals surface area (Å²) in [4.78, 5) is 12.1. The minimum Gasteiger partial charge on any atom is -0.508 e. The van der Waals surface area contributed by atoms with E-state index in [1.165, 1.54) is 17.6 Å². The summed E-state index contributed by atoms with van der Waals surface area (Å²) in [6.07, 6.45) is 1.53. The Kier molecular flexibility index (Phi) is 3.66. The lowest BCUT2D eigenvalue weighted by Crippen LogP contribution is -2.17. The van der Waals surface area contributed by atoms with Gasteiger partial charge in [-0.25, -0.2) is 5.43 Å². The van der Waals surface area contributed by atoms with Crippen LogP contribution in [0.3, 0.4) is 0 Å². The highest BCUT2D eigenvalue weighted by molar-refractivity contribution is 7.17. The van der Waals surface area contributed by atoms with Crippen molar-refractivity contribution < 1.29 is 9.90 Å². The molecule has 3 rings (SSSR count). The number of carbonyl (C=O) groups excluding carboxylic acids is 1. The Labute approximate surface area is 125 Å². The van der Waals surface area contributed by atoms with Crippen molar-refractivity contribution >= 4 is 33.5 Å². The first-order valence-electron chi connectivity index (χ1n) is 6.33. The van der Waals surface area contributed by atoms with Crippen LogP contribution in [0.25, 0.3) is 10.1 Å². The maximum Gasteiger partial charge on any atom is 0.272 e. The van der Waals surface area contributed by atoms with Gasteiger partial charge in [-0.2, -0.15) is 5.10 Å². The monoisotopic (exact) mass is 296 g/mol. The Morgan fingerprint density at radius 2 is 1.90 bits per heavy atom. The first-order chi connectivity index (χ1) is 10.2. The topological polar surface area (TPSA) is 61.7 Å². The highest BCUT2D eigenvalue weighted by atomic mass is 32.1. The third-order valence-corrected chi connectivity index (χ3v) is 3.96. The predicted octanol–water partition coefficient (Wildman–Crippen LogP) is 3.37. The number of thiophene rings is 1. The number of amides is 1. The van der Waals surface area contributed by atoms with Crippen LogP contribution in [-0.2, 0) is 0 Å². The first-order valence-corrected chi connectivity index (χ1v) is 7.21. The summed E-state index contributed by atoms with van der Waals surface area (Å²) in [6.45, 7) is 0. The molecule has 0 aliphatic rings. The van der Waals surface area contributed by atoms with E-state index in [-0.39, 0.29) is 11.7 Å². The average Bonchev–Trinajstić information content (AvgIpc) is 2.93. The van der Waals surface area contributed by atoms with Gasteiger partial charge in [-0.05, 0) is 35.9 Å². The molecule has 5 heteroatoms. The van der Waals surface area contributed by atoms with Crippen LogP contribution in [0.15, 0.2) is 59.0 Å². The minimum atomic E-state index is -0.234. The Balaban J connectivity index is 1.73. The van der Waals surface area contributed by atoms with Crippen molar-refractivity contribution in [3.63, 3.8) is 0 Å². The standard InChI is InChI=1S/C16H12N2O2S/c19-12-7-5-11(6-8-12)9-17-18-16(20)14-10-21-15-4-2-1-3-13(14)15/h1-10,19H,(H,18,20)/b17-9+. The summed E-state index contributed by atoms with van der Waals surface area (Å²) in [5, 5.41) is 15.9. The van der Waals surface area contributed by atoms with Gasteiger partial charge in [-0.3, -0.25) is 4.79 Å². The summed E-state index contributed by atoms with van der Waals surface area (Å²) < 4.78 is 1.07. The largest absolute Gasteiger partial charge is 0.508 e. The second-order valence-electron chi connectivity index (χ2n) is 4.44. The fourth-order valence-corrected chi connectivity index (χ4v) is 2.88. The van der Waals surface area contributed by atoms with Crippen LogP contribution in [0.1, 0.15) is 15.9 Å². The Morgan fingerprint density at radius 1 is 1.14 bits per heavy atom. The third kappa shape index (κ3) is 2.93. The van der Waals surface area contributed by atoms with Crippen molar-refractivity contribution in [3.05, 3.63) is 65.0 Å². The van der Waals surface area contributed by atoms with Crippen molar-refractivity contribution in [2.24, 2.45) is 5.10 Å². The van der Waals surface area contributed by atoms with Crippen molar-refractivity contribution in [1.82, 2.24) is 5.43 Å². The predicted molar refractivity (Wildman–Crippen MR) is 85.0 cm³/mol. The zero-order chi connectivity index (χ0) is 14.7. The summed E-state index contributed by atoms with van der Waals surface area (Å²) in [7, 11) is 0. The van der Waals surface area contributed by atoms with Gasteiger partial charge in [-0.15, -0.1) is 11.3 Å². The molecule has 0 aliphatic heterocycles. The number of rotatable bonds is 3. The van der Waals surface area contributed by atoms with E-state index in [4.69, 9.17) is 0 Å². The van der Waals surface area contributed by atoms with Gasteiger partial charge in [0.2, 0.25) is 0 Å². The summed E-state index contributed by atoms with van der Waals surface area (Å²) in [5.74, 6) is -0.0385. The van der Waals surface area contributed by atoms with E-state index < -0.39 is 0 Å². The normalized spacial score (nSPS) is 11.0. The van der Waals surface area contributed by atoms with Gasteiger partial charge in [0, 0.05) is 15.5 Å². The van der Waals surface area contributed by atoms with Crippen LogP contribution in [0.2, 0.25) is 0 Å². The summed E-state index contributed by atoms with van der Waals surface area (Å²) >= 11 is 1.53. The summed E-state index contributed by atoms with van der Waals surface area (Å²) in [5.41, 5.74) is 3.93. The van der Waals surface area contributed by atoms with Crippen molar-refractivity contribution in [2.45, 2.75) is 0 Å². The quantitative estimate of drug-likeness (QED) is 0.575. The Hall–Kier alpha value is -2.66. The molecule has 21 heavy (non-hydrogen) atoms. The van der Waals surface area contributed by atoms with Crippen LogP contribution in [0.5, 0.6) is 5.75 Å². The highest BCUT2D eigenvalue weighted by Crippen LogP contribution is 2.25. The number of phenols is 1. The molecule has 104 valence electrons. The van der Waals surface area contributed by atoms with E-state index >= 15 is 0 Å². The number of nitrogens with zero attached hydrogens (tertiary/aromatic N) is 1. The van der Waals surface area contributed by atoms with E-state index in [1.807, 2.05) is 29.6 Å². The van der Waals surface area contributed by atoms with Gasteiger partial charge < -0.3 is 5.11 Å². The molecule has 3 aromatic rings. The minimum absolute atomic E-state index is 0.195. The van der Waals surface area contributed by atoms with Crippen LogP contribution < -0.4 is 5.43 Å². The lowest BCUT2D eigenvalue weighted by molar-refractivity contribution is 0.0957. The molecule has 0 radical (unpaired) electrons. The maximum absolute atomic E-state index is 12.1. The number of aromatic hydroxyl groups is 1. The molecule has 1 aromatic heterocycles. The lowest BCUT2D eigenvalue weighted by atomic mass is 10.2. The number of nitrogens with one attached hydrogen (secondary N) is 1. The molecule has 1 heterocycles. The number of hydrogen-bond acceptors (Lipinski definition) is 4. The van der Waals surface area contributed by atoms with Gasteiger partial charge in [-0.1, -0.05) is 18.2 Å². The first kappa shape index (κ1) is 13.3. The molecular weight excluding hydrogens is 284 g/mol. The molecule has 2 N–H and O–H groups in total. The van der Waals surface area contributed by atoms with Gasteiger partial charge in [0.15, 0.2) is 0 Å². The van der Waals surface area contributed by atoms with Gasteiger partial charge in [0.05, 0.1) is 11.8 Å². The van der Waals surface area contributed by atoms with E-state index in [0.717, 1.165) is 15.6 Å². The molecule has 0 saturated carbocycles. The number of carbonyl (C=O) groups is 1. The fraction of sp³-hybridized carbons (Fsp3) is 0.